The highest BCUT2D eigenvalue weighted by Crippen LogP contribution is 2.21. The molecule has 3 nitrogen and oxygen atoms in total. The fourth-order valence-electron chi connectivity index (χ4n) is 1.64. The van der Waals surface area contributed by atoms with Crippen LogP contribution in [0.15, 0.2) is 30.3 Å². The van der Waals surface area contributed by atoms with Crippen LogP contribution in [0.3, 0.4) is 0 Å². The van der Waals surface area contributed by atoms with Gasteiger partial charge < -0.3 is 11.1 Å². The molecule has 0 fully saturated rings. The summed E-state index contributed by atoms with van der Waals surface area (Å²) in [4.78, 5) is 12.4. The van der Waals surface area contributed by atoms with Gasteiger partial charge in [-0.05, 0) is 30.3 Å². The first-order valence-corrected chi connectivity index (χ1v) is 7.30. The van der Waals surface area contributed by atoms with E-state index in [4.69, 9.17) is 17.3 Å². The van der Waals surface area contributed by atoms with E-state index in [2.05, 4.69) is 17.2 Å². The summed E-state index contributed by atoms with van der Waals surface area (Å²) in [7, 11) is 0. The summed E-state index contributed by atoms with van der Waals surface area (Å²) in [5.74, 6) is 4.85. The van der Waals surface area contributed by atoms with Crippen LogP contribution in [0.1, 0.15) is 20.8 Å². The number of rotatable bonds is 3. The molecule has 0 atom stereocenters. The van der Waals surface area contributed by atoms with Gasteiger partial charge in [0.05, 0.1) is 15.8 Å². The molecule has 2 aromatic rings. The van der Waals surface area contributed by atoms with Gasteiger partial charge in [0, 0.05) is 17.7 Å². The molecule has 0 saturated heterocycles. The minimum atomic E-state index is -0.391. The van der Waals surface area contributed by atoms with Crippen molar-refractivity contribution in [1.82, 2.24) is 5.32 Å². The molecule has 3 N–H and O–H groups in total. The Balaban J connectivity index is 2.07. The summed E-state index contributed by atoms with van der Waals surface area (Å²) in [6.45, 7) is 0.320. The third-order valence-corrected chi connectivity index (χ3v) is 3.85. The Labute approximate surface area is 130 Å². The quantitative estimate of drug-likeness (QED) is 0.854. The smallest absolute Gasteiger partial charge is 0.261 e. The van der Waals surface area contributed by atoms with Crippen molar-refractivity contribution in [1.29, 1.82) is 0 Å². The molecule has 21 heavy (non-hydrogen) atoms. The third-order valence-electron chi connectivity index (χ3n) is 2.62. The van der Waals surface area contributed by atoms with Gasteiger partial charge in [0.25, 0.3) is 5.91 Å². The summed E-state index contributed by atoms with van der Waals surface area (Å²) in [6, 6.07) is 7.76. The number of carbonyl (C=O) groups is 1. The molecule has 108 valence electrons. The zero-order valence-electron chi connectivity index (χ0n) is 11.0. The molecule has 0 spiro atoms. The molecule has 2 rings (SSSR count). The summed E-state index contributed by atoms with van der Waals surface area (Å²) in [6.07, 6.45) is 0. The van der Waals surface area contributed by atoms with E-state index >= 15 is 0 Å². The first kappa shape index (κ1) is 15.5. The van der Waals surface area contributed by atoms with Gasteiger partial charge in [-0.3, -0.25) is 4.79 Å². The van der Waals surface area contributed by atoms with E-state index in [-0.39, 0.29) is 19.0 Å². The van der Waals surface area contributed by atoms with Gasteiger partial charge in [-0.15, -0.1) is 11.3 Å². The van der Waals surface area contributed by atoms with Crippen molar-refractivity contribution in [3.8, 4) is 11.8 Å². The van der Waals surface area contributed by atoms with Crippen LogP contribution in [0.2, 0.25) is 4.34 Å². The second kappa shape index (κ2) is 7.23. The van der Waals surface area contributed by atoms with Crippen LogP contribution >= 0.6 is 22.9 Å². The Morgan fingerprint density at radius 1 is 1.38 bits per heavy atom. The van der Waals surface area contributed by atoms with E-state index < -0.39 is 5.82 Å². The standard InChI is InChI=1S/C15H12ClFN2OS/c16-14-6-5-13(21-14)15(20)19-9-11-8-10(2-1-7-18)3-4-12(11)17/h3-6,8H,7,9,18H2,(H,19,20). The fraction of sp³-hybridized carbons (Fsp3) is 0.133. The number of amides is 1. The van der Waals surface area contributed by atoms with Crippen molar-refractivity contribution in [2.45, 2.75) is 6.54 Å². The van der Waals surface area contributed by atoms with Crippen LogP contribution in [0.5, 0.6) is 0 Å². The largest absolute Gasteiger partial charge is 0.347 e. The van der Waals surface area contributed by atoms with E-state index in [0.29, 0.717) is 20.3 Å². The second-order valence-corrected chi connectivity index (χ2v) is 5.81. The lowest BCUT2D eigenvalue weighted by Crippen LogP contribution is -2.22. The highest BCUT2D eigenvalue weighted by atomic mass is 35.5. The topological polar surface area (TPSA) is 55.1 Å². The Hall–Kier alpha value is -1.87. The maximum Gasteiger partial charge on any atom is 0.261 e. The van der Waals surface area contributed by atoms with Gasteiger partial charge in [-0.1, -0.05) is 23.4 Å². The van der Waals surface area contributed by atoms with Gasteiger partial charge in [0.2, 0.25) is 0 Å². The zero-order chi connectivity index (χ0) is 15.2. The van der Waals surface area contributed by atoms with E-state index in [9.17, 15) is 9.18 Å². The predicted octanol–water partition coefficient (Wildman–Crippen LogP) is 2.78. The number of halogens is 2. The minimum absolute atomic E-state index is 0.0817. The molecular formula is C15H12ClFN2OS. The first-order valence-electron chi connectivity index (χ1n) is 6.11. The molecule has 0 aliphatic carbocycles. The first-order chi connectivity index (χ1) is 10.1. The van der Waals surface area contributed by atoms with Gasteiger partial charge in [0.1, 0.15) is 5.82 Å². The number of nitrogens with one attached hydrogen (secondary N) is 1. The third kappa shape index (κ3) is 4.30. The van der Waals surface area contributed by atoms with Gasteiger partial charge in [-0.2, -0.15) is 0 Å². The van der Waals surface area contributed by atoms with E-state index in [1.54, 1.807) is 24.3 Å². The number of hydrogen-bond acceptors (Lipinski definition) is 3. The molecule has 0 aliphatic rings. The number of carbonyl (C=O) groups excluding carboxylic acids is 1. The Morgan fingerprint density at radius 2 is 2.19 bits per heavy atom. The predicted molar refractivity (Wildman–Crippen MR) is 82.8 cm³/mol. The lowest BCUT2D eigenvalue weighted by atomic mass is 10.1. The van der Waals surface area contributed by atoms with Crippen molar-refractivity contribution in [2.24, 2.45) is 5.73 Å². The summed E-state index contributed by atoms with van der Waals surface area (Å²) in [5, 5.41) is 2.65. The van der Waals surface area contributed by atoms with Gasteiger partial charge >= 0.3 is 0 Å². The zero-order valence-corrected chi connectivity index (χ0v) is 12.5. The molecule has 0 bridgehead atoms. The molecule has 0 radical (unpaired) electrons. The van der Waals surface area contributed by atoms with Crippen molar-refractivity contribution >= 4 is 28.8 Å². The average Bonchev–Trinajstić information content (AvgIpc) is 2.91. The molecule has 0 aliphatic heterocycles. The van der Waals surface area contributed by atoms with Gasteiger partial charge in [-0.25, -0.2) is 4.39 Å². The summed E-state index contributed by atoms with van der Waals surface area (Å²) in [5.41, 5.74) is 6.32. The molecule has 0 saturated carbocycles. The van der Waals surface area contributed by atoms with Crippen molar-refractivity contribution < 1.29 is 9.18 Å². The molecule has 1 amide bonds. The SMILES string of the molecule is NCC#Cc1ccc(F)c(CNC(=O)c2ccc(Cl)s2)c1. The van der Waals surface area contributed by atoms with Crippen LogP contribution < -0.4 is 11.1 Å². The van der Waals surface area contributed by atoms with Crippen LogP contribution in [0.4, 0.5) is 4.39 Å². The monoisotopic (exact) mass is 322 g/mol. The number of nitrogens with two attached hydrogens (primary N) is 1. The highest BCUT2D eigenvalue weighted by molar-refractivity contribution is 7.17. The average molecular weight is 323 g/mol. The Morgan fingerprint density at radius 3 is 2.86 bits per heavy atom. The molecule has 1 heterocycles. The second-order valence-electron chi connectivity index (χ2n) is 4.10. The molecule has 1 aromatic heterocycles. The number of benzene rings is 1. The Kier molecular flexibility index (Phi) is 5.34. The van der Waals surface area contributed by atoms with E-state index in [1.807, 2.05) is 0 Å². The van der Waals surface area contributed by atoms with Crippen LogP contribution in [-0.4, -0.2) is 12.5 Å². The van der Waals surface area contributed by atoms with E-state index in [1.165, 1.54) is 17.4 Å². The maximum atomic E-state index is 13.7. The van der Waals surface area contributed by atoms with Gasteiger partial charge in [0.15, 0.2) is 0 Å². The molecular weight excluding hydrogens is 311 g/mol. The minimum Gasteiger partial charge on any atom is -0.347 e. The van der Waals surface area contributed by atoms with Crippen LogP contribution in [0, 0.1) is 17.7 Å². The van der Waals surface area contributed by atoms with Crippen molar-refractivity contribution in [3.05, 3.63) is 56.5 Å². The number of thiophene rings is 1. The van der Waals surface area contributed by atoms with Crippen LogP contribution in [-0.2, 0) is 6.54 Å². The molecule has 1 aromatic carbocycles. The Bertz CT molecular complexity index is 718. The van der Waals surface area contributed by atoms with Crippen molar-refractivity contribution in [3.63, 3.8) is 0 Å². The normalized spacial score (nSPS) is 9.86. The fourth-order valence-corrected chi connectivity index (χ4v) is 2.60. The summed E-state index contributed by atoms with van der Waals surface area (Å²) < 4.78 is 14.2. The molecule has 6 heteroatoms. The van der Waals surface area contributed by atoms with Crippen LogP contribution in [0.25, 0.3) is 0 Å². The molecule has 0 unspecified atom stereocenters. The lowest BCUT2D eigenvalue weighted by molar-refractivity contribution is 0.0954. The highest BCUT2D eigenvalue weighted by Gasteiger charge is 2.10. The number of hydrogen-bond donors (Lipinski definition) is 2. The van der Waals surface area contributed by atoms with E-state index in [0.717, 1.165) is 0 Å². The maximum absolute atomic E-state index is 13.7. The van der Waals surface area contributed by atoms with Crippen molar-refractivity contribution in [2.75, 3.05) is 6.54 Å². The lowest BCUT2D eigenvalue weighted by Gasteiger charge is -2.06. The summed E-state index contributed by atoms with van der Waals surface area (Å²) >= 11 is 6.94.